The molecule has 0 spiro atoms. The molecule has 0 aromatic heterocycles. The molecule has 2 aromatic rings. The highest BCUT2D eigenvalue weighted by molar-refractivity contribution is 6.30. The number of para-hydroxylation sites is 1. The molecule has 1 unspecified atom stereocenters. The number of anilines is 1. The molecule has 0 saturated carbocycles. The molecule has 2 aromatic carbocycles. The zero-order chi connectivity index (χ0) is 15.4. The first-order valence-corrected chi connectivity index (χ1v) is 6.44. The van der Waals surface area contributed by atoms with Crippen LogP contribution < -0.4 is 5.32 Å². The third-order valence-electron chi connectivity index (χ3n) is 2.83. The van der Waals surface area contributed by atoms with Crippen molar-refractivity contribution in [2.75, 3.05) is 12.4 Å². The second-order valence-electron chi connectivity index (χ2n) is 4.28. The Balaban J connectivity index is 2.39. The van der Waals surface area contributed by atoms with Crippen LogP contribution in [0, 0.1) is 11.6 Å². The minimum absolute atomic E-state index is 0.105. The van der Waals surface area contributed by atoms with Gasteiger partial charge in [0, 0.05) is 5.02 Å². The van der Waals surface area contributed by atoms with Gasteiger partial charge in [-0.15, -0.1) is 0 Å². The number of nitrogens with one attached hydrogen (secondary N) is 1. The first-order chi connectivity index (χ1) is 10.0. The van der Waals surface area contributed by atoms with Gasteiger partial charge in [0.2, 0.25) is 0 Å². The van der Waals surface area contributed by atoms with Crippen molar-refractivity contribution in [1.82, 2.24) is 0 Å². The zero-order valence-electron chi connectivity index (χ0n) is 11.1. The number of halogens is 3. The summed E-state index contributed by atoms with van der Waals surface area (Å²) in [6.45, 7) is 0. The smallest absolute Gasteiger partial charge is 0.332 e. The molecule has 0 aliphatic rings. The molecule has 6 heteroatoms. The van der Waals surface area contributed by atoms with Crippen molar-refractivity contribution >= 4 is 23.3 Å². The van der Waals surface area contributed by atoms with Crippen molar-refractivity contribution in [2.45, 2.75) is 6.04 Å². The molecule has 21 heavy (non-hydrogen) atoms. The predicted molar refractivity (Wildman–Crippen MR) is 76.2 cm³/mol. The number of carbonyl (C=O) groups excluding carboxylic acids is 1. The number of hydrogen-bond donors (Lipinski definition) is 1. The summed E-state index contributed by atoms with van der Waals surface area (Å²) in [4.78, 5) is 11.9. The summed E-state index contributed by atoms with van der Waals surface area (Å²) in [6.07, 6.45) is 0. The van der Waals surface area contributed by atoms with Gasteiger partial charge in [0.15, 0.2) is 6.04 Å². The summed E-state index contributed by atoms with van der Waals surface area (Å²) in [5.74, 6) is -1.81. The van der Waals surface area contributed by atoms with Gasteiger partial charge in [-0.25, -0.2) is 13.6 Å². The van der Waals surface area contributed by atoms with Crippen LogP contribution in [0.5, 0.6) is 0 Å². The minimum atomic E-state index is -1.07. The Morgan fingerprint density at radius 1 is 1.24 bits per heavy atom. The maximum absolute atomic E-state index is 13.7. The van der Waals surface area contributed by atoms with E-state index in [1.54, 1.807) is 6.07 Å². The molecule has 0 heterocycles. The third kappa shape index (κ3) is 3.70. The average molecular weight is 312 g/mol. The van der Waals surface area contributed by atoms with Crippen molar-refractivity contribution in [3.05, 3.63) is 64.7 Å². The van der Waals surface area contributed by atoms with Crippen LogP contribution in [0.25, 0.3) is 0 Å². The van der Waals surface area contributed by atoms with E-state index >= 15 is 0 Å². The maximum atomic E-state index is 13.7. The number of benzene rings is 2. The molecule has 0 amide bonds. The molecular formula is C15H12ClF2NO2. The Morgan fingerprint density at radius 2 is 1.95 bits per heavy atom. The van der Waals surface area contributed by atoms with Crippen LogP contribution in [-0.4, -0.2) is 13.1 Å². The van der Waals surface area contributed by atoms with E-state index in [-0.39, 0.29) is 16.3 Å². The lowest BCUT2D eigenvalue weighted by atomic mass is 10.1. The highest BCUT2D eigenvalue weighted by Gasteiger charge is 2.23. The molecule has 0 fully saturated rings. The third-order valence-corrected chi connectivity index (χ3v) is 3.05. The minimum Gasteiger partial charge on any atom is -0.467 e. The Labute approximate surface area is 125 Å². The predicted octanol–water partition coefficient (Wildman–Crippen LogP) is 3.94. The van der Waals surface area contributed by atoms with Gasteiger partial charge in [0.1, 0.15) is 11.6 Å². The summed E-state index contributed by atoms with van der Waals surface area (Å²) in [7, 11) is 1.19. The molecule has 110 valence electrons. The number of hydrogen-bond acceptors (Lipinski definition) is 3. The zero-order valence-corrected chi connectivity index (χ0v) is 11.8. The molecule has 0 aliphatic heterocycles. The molecule has 1 N–H and O–H groups in total. The number of carbonyl (C=O) groups is 1. The monoisotopic (exact) mass is 311 g/mol. The first-order valence-electron chi connectivity index (χ1n) is 6.06. The van der Waals surface area contributed by atoms with Crippen LogP contribution in [0.15, 0.2) is 42.5 Å². The fraction of sp³-hybridized carbons (Fsp3) is 0.133. The van der Waals surface area contributed by atoms with Gasteiger partial charge in [-0.1, -0.05) is 23.7 Å². The molecule has 2 rings (SSSR count). The van der Waals surface area contributed by atoms with Crippen molar-refractivity contribution < 1.29 is 18.3 Å². The summed E-state index contributed by atoms with van der Waals surface area (Å²) < 4.78 is 31.8. The van der Waals surface area contributed by atoms with Crippen LogP contribution in [0.3, 0.4) is 0 Å². The SMILES string of the molecule is COC(=O)C(Nc1ccccc1F)c1cc(F)cc(Cl)c1. The van der Waals surface area contributed by atoms with Crippen molar-refractivity contribution in [3.63, 3.8) is 0 Å². The van der Waals surface area contributed by atoms with E-state index in [0.29, 0.717) is 0 Å². The van der Waals surface area contributed by atoms with E-state index in [1.807, 2.05) is 0 Å². The van der Waals surface area contributed by atoms with Crippen LogP contribution in [0.1, 0.15) is 11.6 Å². The van der Waals surface area contributed by atoms with Gasteiger partial charge in [-0.05, 0) is 35.9 Å². The molecule has 0 saturated heterocycles. The lowest BCUT2D eigenvalue weighted by Gasteiger charge is -2.18. The van der Waals surface area contributed by atoms with Gasteiger partial charge in [0.05, 0.1) is 12.8 Å². The van der Waals surface area contributed by atoms with Gasteiger partial charge in [-0.2, -0.15) is 0 Å². The van der Waals surface area contributed by atoms with Crippen LogP contribution in [0.4, 0.5) is 14.5 Å². The molecule has 1 atom stereocenters. The fourth-order valence-corrected chi connectivity index (χ4v) is 2.10. The van der Waals surface area contributed by atoms with E-state index in [1.165, 1.54) is 31.4 Å². The molecule has 3 nitrogen and oxygen atoms in total. The van der Waals surface area contributed by atoms with E-state index in [0.717, 1.165) is 12.1 Å². The van der Waals surface area contributed by atoms with Crippen LogP contribution in [0.2, 0.25) is 5.02 Å². The van der Waals surface area contributed by atoms with Gasteiger partial charge >= 0.3 is 5.97 Å². The second kappa shape index (κ2) is 6.54. The average Bonchev–Trinajstić information content (AvgIpc) is 2.44. The van der Waals surface area contributed by atoms with E-state index in [2.05, 4.69) is 10.1 Å². The number of esters is 1. The summed E-state index contributed by atoms with van der Waals surface area (Å²) in [5.41, 5.74) is 0.350. The Hall–Kier alpha value is -2.14. The quantitative estimate of drug-likeness (QED) is 0.869. The van der Waals surface area contributed by atoms with E-state index in [4.69, 9.17) is 11.6 Å². The Kier molecular flexibility index (Phi) is 4.75. The van der Waals surface area contributed by atoms with Gasteiger partial charge in [-0.3, -0.25) is 0 Å². The topological polar surface area (TPSA) is 38.3 Å². The molecule has 0 bridgehead atoms. The summed E-state index contributed by atoms with van der Waals surface area (Å²) in [6, 6.07) is 8.44. The highest BCUT2D eigenvalue weighted by Crippen LogP contribution is 2.26. The number of rotatable bonds is 4. The van der Waals surface area contributed by atoms with E-state index in [9.17, 15) is 13.6 Å². The first kappa shape index (κ1) is 15.3. The lowest BCUT2D eigenvalue weighted by Crippen LogP contribution is -2.23. The van der Waals surface area contributed by atoms with Gasteiger partial charge in [0.25, 0.3) is 0 Å². The van der Waals surface area contributed by atoms with Crippen molar-refractivity contribution in [3.8, 4) is 0 Å². The number of methoxy groups -OCH3 is 1. The Morgan fingerprint density at radius 3 is 2.57 bits per heavy atom. The molecule has 0 radical (unpaired) electrons. The van der Waals surface area contributed by atoms with Crippen molar-refractivity contribution in [2.24, 2.45) is 0 Å². The molecule has 0 aliphatic carbocycles. The maximum Gasteiger partial charge on any atom is 0.332 e. The standard InChI is InChI=1S/C15H12ClF2NO2/c1-21-15(20)14(9-6-10(16)8-11(17)7-9)19-13-5-3-2-4-12(13)18/h2-8,14,19H,1H3. The highest BCUT2D eigenvalue weighted by atomic mass is 35.5. The normalized spacial score (nSPS) is 11.8. The number of ether oxygens (including phenoxy) is 1. The fourth-order valence-electron chi connectivity index (χ4n) is 1.87. The van der Waals surface area contributed by atoms with Crippen molar-refractivity contribution in [1.29, 1.82) is 0 Å². The Bertz CT molecular complexity index is 644. The summed E-state index contributed by atoms with van der Waals surface area (Å²) in [5, 5.41) is 2.83. The lowest BCUT2D eigenvalue weighted by molar-refractivity contribution is -0.141. The molecular weight excluding hydrogens is 300 g/mol. The van der Waals surface area contributed by atoms with E-state index < -0.39 is 23.6 Å². The van der Waals surface area contributed by atoms with Gasteiger partial charge < -0.3 is 10.1 Å². The largest absolute Gasteiger partial charge is 0.467 e. The second-order valence-corrected chi connectivity index (χ2v) is 4.72. The van der Waals surface area contributed by atoms with Crippen LogP contribution in [-0.2, 0) is 9.53 Å². The summed E-state index contributed by atoms with van der Waals surface area (Å²) >= 11 is 5.78. The van der Waals surface area contributed by atoms with Crippen LogP contribution >= 0.6 is 11.6 Å².